The topological polar surface area (TPSA) is 88.8 Å². The zero-order chi connectivity index (χ0) is 21.1. The van der Waals surface area contributed by atoms with Gasteiger partial charge in [-0.1, -0.05) is 12.1 Å². The third-order valence-corrected chi connectivity index (χ3v) is 4.88. The van der Waals surface area contributed by atoms with Crippen LogP contribution in [0.2, 0.25) is 0 Å². The molecular formula is C23H23NO5. The molecule has 1 amide bonds. The van der Waals surface area contributed by atoms with Crippen molar-refractivity contribution in [1.29, 1.82) is 0 Å². The zero-order valence-electron chi connectivity index (χ0n) is 16.8. The number of carbonyl (C=O) groups is 2. The van der Waals surface area contributed by atoms with E-state index >= 15 is 0 Å². The SMILES string of the molecule is COc1c(/C(C)=C/C(=O)NCc2ccc(C(=O)O)cc2)cc2c(C)coc2c1C. The summed E-state index contributed by atoms with van der Waals surface area (Å²) in [6, 6.07) is 8.37. The first kappa shape index (κ1) is 20.2. The molecule has 1 heterocycles. The van der Waals surface area contributed by atoms with Gasteiger partial charge in [-0.05, 0) is 55.7 Å². The number of fused-ring (bicyclic) bond motifs is 1. The number of aryl methyl sites for hydroxylation is 2. The largest absolute Gasteiger partial charge is 0.496 e. The molecule has 2 N–H and O–H groups in total. The normalized spacial score (nSPS) is 11.5. The summed E-state index contributed by atoms with van der Waals surface area (Å²) in [5.41, 5.74) is 5.33. The molecule has 29 heavy (non-hydrogen) atoms. The molecule has 0 saturated heterocycles. The van der Waals surface area contributed by atoms with E-state index in [0.29, 0.717) is 12.3 Å². The Labute approximate surface area is 168 Å². The maximum absolute atomic E-state index is 12.4. The second-order valence-corrected chi connectivity index (χ2v) is 6.93. The fourth-order valence-electron chi connectivity index (χ4n) is 3.27. The van der Waals surface area contributed by atoms with Gasteiger partial charge in [-0.3, -0.25) is 4.79 Å². The van der Waals surface area contributed by atoms with Gasteiger partial charge in [0, 0.05) is 29.1 Å². The molecule has 0 fully saturated rings. The summed E-state index contributed by atoms with van der Waals surface area (Å²) in [7, 11) is 1.60. The van der Waals surface area contributed by atoms with Crippen molar-refractivity contribution < 1.29 is 23.8 Å². The summed E-state index contributed by atoms with van der Waals surface area (Å²) >= 11 is 0. The van der Waals surface area contributed by atoms with Gasteiger partial charge in [0.2, 0.25) is 5.91 Å². The quantitative estimate of drug-likeness (QED) is 0.603. The number of carboxylic acids is 1. The number of hydrogen-bond donors (Lipinski definition) is 2. The summed E-state index contributed by atoms with van der Waals surface area (Å²) in [5.74, 6) is -0.542. The number of benzene rings is 2. The Hall–Kier alpha value is -3.54. The number of amides is 1. The number of carboxylic acid groups (broad SMARTS) is 1. The van der Waals surface area contributed by atoms with E-state index in [2.05, 4.69) is 5.32 Å². The minimum absolute atomic E-state index is 0.211. The average molecular weight is 393 g/mol. The highest BCUT2D eigenvalue weighted by Crippen LogP contribution is 2.37. The van der Waals surface area contributed by atoms with E-state index < -0.39 is 5.97 Å². The first-order valence-corrected chi connectivity index (χ1v) is 9.16. The number of carbonyl (C=O) groups excluding carboxylic acids is 1. The molecular weight excluding hydrogens is 370 g/mol. The van der Waals surface area contributed by atoms with Crippen molar-refractivity contribution >= 4 is 28.4 Å². The zero-order valence-corrected chi connectivity index (χ0v) is 16.8. The van der Waals surface area contributed by atoms with Gasteiger partial charge in [-0.15, -0.1) is 0 Å². The number of hydrogen-bond acceptors (Lipinski definition) is 4. The minimum atomic E-state index is -0.979. The molecule has 0 atom stereocenters. The third-order valence-electron chi connectivity index (χ3n) is 4.88. The highest BCUT2D eigenvalue weighted by Gasteiger charge is 2.16. The Morgan fingerprint density at radius 2 is 1.90 bits per heavy atom. The monoisotopic (exact) mass is 393 g/mol. The van der Waals surface area contributed by atoms with Gasteiger partial charge in [0.15, 0.2) is 0 Å². The Kier molecular flexibility index (Phi) is 5.73. The lowest BCUT2D eigenvalue weighted by Crippen LogP contribution is -2.20. The van der Waals surface area contributed by atoms with Gasteiger partial charge in [-0.25, -0.2) is 4.79 Å². The number of furan rings is 1. The summed E-state index contributed by atoms with van der Waals surface area (Å²) in [6.45, 7) is 6.07. The molecule has 150 valence electrons. The van der Waals surface area contributed by atoms with Gasteiger partial charge < -0.3 is 19.6 Å². The Bertz CT molecular complexity index is 1110. The van der Waals surface area contributed by atoms with Crippen LogP contribution in [0.1, 0.15) is 39.5 Å². The Morgan fingerprint density at radius 3 is 2.52 bits per heavy atom. The van der Waals surface area contributed by atoms with Gasteiger partial charge in [0.25, 0.3) is 0 Å². The molecule has 0 aliphatic heterocycles. The lowest BCUT2D eigenvalue weighted by Gasteiger charge is -2.13. The fourth-order valence-corrected chi connectivity index (χ4v) is 3.27. The van der Waals surface area contributed by atoms with Crippen LogP contribution in [0, 0.1) is 13.8 Å². The molecule has 0 saturated carbocycles. The molecule has 3 rings (SSSR count). The van der Waals surface area contributed by atoms with E-state index in [1.807, 2.05) is 26.8 Å². The third kappa shape index (κ3) is 4.16. The van der Waals surface area contributed by atoms with Gasteiger partial charge >= 0.3 is 5.97 Å². The maximum atomic E-state index is 12.4. The Morgan fingerprint density at radius 1 is 1.21 bits per heavy atom. The molecule has 0 aliphatic rings. The van der Waals surface area contributed by atoms with Gasteiger partial charge in [0.1, 0.15) is 11.3 Å². The van der Waals surface area contributed by atoms with Crippen molar-refractivity contribution in [3.63, 3.8) is 0 Å². The molecule has 3 aromatic rings. The molecule has 0 bridgehead atoms. The molecule has 0 radical (unpaired) electrons. The van der Waals surface area contributed by atoms with Crippen LogP contribution in [0.3, 0.4) is 0 Å². The highest BCUT2D eigenvalue weighted by atomic mass is 16.5. The second-order valence-electron chi connectivity index (χ2n) is 6.93. The van der Waals surface area contributed by atoms with E-state index in [9.17, 15) is 9.59 Å². The molecule has 0 aliphatic carbocycles. The fraction of sp³-hybridized carbons (Fsp3) is 0.217. The number of allylic oxidation sites excluding steroid dienone is 1. The minimum Gasteiger partial charge on any atom is -0.496 e. The molecule has 0 unspecified atom stereocenters. The summed E-state index contributed by atoms with van der Waals surface area (Å²) < 4.78 is 11.2. The van der Waals surface area contributed by atoms with Crippen LogP contribution in [-0.2, 0) is 11.3 Å². The van der Waals surface area contributed by atoms with Crippen LogP contribution in [0.25, 0.3) is 16.5 Å². The summed E-state index contributed by atoms with van der Waals surface area (Å²) in [4.78, 5) is 23.3. The predicted molar refractivity (Wildman–Crippen MR) is 111 cm³/mol. The number of nitrogens with one attached hydrogen (secondary N) is 1. The van der Waals surface area contributed by atoms with Crippen molar-refractivity contribution in [1.82, 2.24) is 5.32 Å². The van der Waals surface area contributed by atoms with E-state index in [1.54, 1.807) is 25.5 Å². The first-order valence-electron chi connectivity index (χ1n) is 9.16. The summed E-state index contributed by atoms with van der Waals surface area (Å²) in [5, 5.41) is 12.8. The average Bonchev–Trinajstić information content (AvgIpc) is 3.07. The van der Waals surface area contributed by atoms with Crippen LogP contribution in [0.5, 0.6) is 5.75 Å². The number of ether oxygens (including phenoxy) is 1. The van der Waals surface area contributed by atoms with Gasteiger partial charge in [0.05, 0.1) is 18.9 Å². The van der Waals surface area contributed by atoms with Crippen LogP contribution in [-0.4, -0.2) is 24.1 Å². The van der Waals surface area contributed by atoms with Crippen molar-refractivity contribution in [2.24, 2.45) is 0 Å². The predicted octanol–water partition coefficient (Wildman–Crippen LogP) is 4.48. The van der Waals surface area contributed by atoms with Crippen LogP contribution >= 0.6 is 0 Å². The molecule has 1 aromatic heterocycles. The van der Waals surface area contributed by atoms with E-state index in [1.165, 1.54) is 18.2 Å². The maximum Gasteiger partial charge on any atom is 0.335 e. The Balaban J connectivity index is 1.80. The smallest absolute Gasteiger partial charge is 0.335 e. The second kappa shape index (κ2) is 8.22. The standard InChI is InChI=1S/C23H23NO5/c1-13(9-20(25)24-11-16-5-7-17(8-6-16)23(26)27)18-10-19-14(2)12-29-22(19)15(3)21(18)28-4/h5-10,12H,11H2,1-4H3,(H,24,25)(H,26,27)/b13-9+. The molecule has 0 spiro atoms. The molecule has 6 heteroatoms. The van der Waals surface area contributed by atoms with E-state index in [4.69, 9.17) is 14.3 Å². The van der Waals surface area contributed by atoms with Crippen molar-refractivity contribution in [2.75, 3.05) is 7.11 Å². The lowest BCUT2D eigenvalue weighted by atomic mass is 9.98. The molecule has 2 aromatic carbocycles. The van der Waals surface area contributed by atoms with Crippen LogP contribution in [0.4, 0.5) is 0 Å². The van der Waals surface area contributed by atoms with Crippen LogP contribution in [0.15, 0.2) is 47.1 Å². The van der Waals surface area contributed by atoms with Crippen molar-refractivity contribution in [2.45, 2.75) is 27.3 Å². The van der Waals surface area contributed by atoms with Crippen molar-refractivity contribution in [3.05, 3.63) is 70.5 Å². The first-order chi connectivity index (χ1) is 13.8. The molecule has 6 nitrogen and oxygen atoms in total. The highest BCUT2D eigenvalue weighted by molar-refractivity contribution is 5.98. The number of aromatic carboxylic acids is 1. The van der Waals surface area contributed by atoms with Crippen LogP contribution < -0.4 is 10.1 Å². The van der Waals surface area contributed by atoms with Gasteiger partial charge in [-0.2, -0.15) is 0 Å². The number of rotatable bonds is 6. The lowest BCUT2D eigenvalue weighted by molar-refractivity contribution is -0.116. The van der Waals surface area contributed by atoms with E-state index in [0.717, 1.165) is 38.8 Å². The summed E-state index contributed by atoms with van der Waals surface area (Å²) in [6.07, 6.45) is 3.24. The number of methoxy groups -OCH3 is 1. The van der Waals surface area contributed by atoms with E-state index in [-0.39, 0.29) is 11.5 Å². The van der Waals surface area contributed by atoms with Crippen molar-refractivity contribution in [3.8, 4) is 5.75 Å².